The summed E-state index contributed by atoms with van der Waals surface area (Å²) in [6, 6.07) is 13.7. The van der Waals surface area contributed by atoms with Crippen molar-refractivity contribution in [1.82, 2.24) is 15.1 Å². The molecular weight excluding hydrogens is 430 g/mol. The SMILES string of the molecule is COc1cc2c(cc1OC)[C@H]1C[C@@H]3[C@@H](CCCN3C(=O)N[C@H](C)c3ccccc3)C(=O)N1CC2. The Hall–Kier alpha value is -3.22. The van der Waals surface area contributed by atoms with Crippen molar-refractivity contribution in [3.8, 4) is 11.5 Å². The minimum atomic E-state index is -0.135. The van der Waals surface area contributed by atoms with Gasteiger partial charge in [0, 0.05) is 19.1 Å². The Balaban J connectivity index is 1.41. The van der Waals surface area contributed by atoms with E-state index in [0.29, 0.717) is 24.6 Å². The Bertz CT molecular complexity index is 1070. The number of hydrogen-bond donors (Lipinski definition) is 1. The first-order chi connectivity index (χ1) is 16.5. The second-order valence-corrected chi connectivity index (χ2v) is 9.53. The van der Waals surface area contributed by atoms with Crippen molar-refractivity contribution in [2.75, 3.05) is 27.3 Å². The third-order valence-electron chi connectivity index (χ3n) is 7.75. The number of carbonyl (C=O) groups is 2. The van der Waals surface area contributed by atoms with Gasteiger partial charge in [0.2, 0.25) is 5.91 Å². The average molecular weight is 464 g/mol. The van der Waals surface area contributed by atoms with E-state index in [0.717, 1.165) is 36.8 Å². The summed E-state index contributed by atoms with van der Waals surface area (Å²) >= 11 is 0. The van der Waals surface area contributed by atoms with Gasteiger partial charge >= 0.3 is 6.03 Å². The zero-order chi connectivity index (χ0) is 23.8. The van der Waals surface area contributed by atoms with Crippen LogP contribution in [0.4, 0.5) is 4.79 Å². The number of ether oxygens (including phenoxy) is 2. The van der Waals surface area contributed by atoms with E-state index in [1.54, 1.807) is 14.2 Å². The van der Waals surface area contributed by atoms with Gasteiger partial charge in [-0.05, 0) is 61.4 Å². The van der Waals surface area contributed by atoms with E-state index in [1.165, 1.54) is 5.56 Å². The highest BCUT2D eigenvalue weighted by Crippen LogP contribution is 2.46. The number of piperidine rings is 2. The minimum Gasteiger partial charge on any atom is -0.493 e. The second-order valence-electron chi connectivity index (χ2n) is 9.53. The van der Waals surface area contributed by atoms with Gasteiger partial charge < -0.3 is 24.6 Å². The number of nitrogens with one attached hydrogen (secondary N) is 1. The van der Waals surface area contributed by atoms with Gasteiger partial charge in [0.25, 0.3) is 0 Å². The number of benzene rings is 2. The number of hydrogen-bond acceptors (Lipinski definition) is 4. The smallest absolute Gasteiger partial charge is 0.318 e. The molecule has 2 fully saturated rings. The standard InChI is InChI=1S/C27H33N3O4/c1-17(18-8-5-4-6-9-18)28-27(32)30-12-7-10-20-22(30)16-23-21-15-25(34-3)24(33-2)14-19(21)11-13-29(23)26(20)31/h4-6,8-9,14-15,17,20,22-23H,7,10-13,16H2,1-3H3,(H,28,32)/t17-,20-,22-,23-/m1/s1. The highest BCUT2D eigenvalue weighted by atomic mass is 16.5. The maximum Gasteiger partial charge on any atom is 0.318 e. The van der Waals surface area contributed by atoms with E-state index in [9.17, 15) is 9.59 Å². The van der Waals surface area contributed by atoms with Gasteiger partial charge in [0.1, 0.15) is 0 Å². The molecule has 180 valence electrons. The summed E-state index contributed by atoms with van der Waals surface area (Å²) in [4.78, 5) is 30.9. The molecule has 5 rings (SSSR count). The predicted octanol–water partition coefficient (Wildman–Crippen LogP) is 4.08. The molecule has 7 heteroatoms. The second kappa shape index (κ2) is 9.20. The Labute approximate surface area is 201 Å². The van der Waals surface area contributed by atoms with Crippen LogP contribution in [0.15, 0.2) is 42.5 Å². The largest absolute Gasteiger partial charge is 0.493 e. The molecule has 0 radical (unpaired) electrons. The summed E-state index contributed by atoms with van der Waals surface area (Å²) in [7, 11) is 3.27. The molecule has 0 aromatic heterocycles. The summed E-state index contributed by atoms with van der Waals surface area (Å²) in [6.07, 6.45) is 3.23. The van der Waals surface area contributed by atoms with Crippen LogP contribution in [0.3, 0.4) is 0 Å². The molecule has 0 aliphatic carbocycles. The first-order valence-corrected chi connectivity index (χ1v) is 12.2. The number of amides is 3. The van der Waals surface area contributed by atoms with E-state index in [-0.39, 0.29) is 36.0 Å². The van der Waals surface area contributed by atoms with Crippen molar-refractivity contribution in [1.29, 1.82) is 0 Å². The molecule has 4 atom stereocenters. The summed E-state index contributed by atoms with van der Waals surface area (Å²) in [5.41, 5.74) is 3.37. The summed E-state index contributed by atoms with van der Waals surface area (Å²) < 4.78 is 11.1. The number of likely N-dealkylation sites (tertiary alicyclic amines) is 1. The van der Waals surface area contributed by atoms with Gasteiger partial charge in [-0.25, -0.2) is 4.79 Å². The molecule has 3 heterocycles. The number of carbonyl (C=O) groups excluding carboxylic acids is 2. The number of nitrogens with zero attached hydrogens (tertiary/aromatic N) is 2. The lowest BCUT2D eigenvalue weighted by Gasteiger charge is -2.51. The zero-order valence-corrected chi connectivity index (χ0v) is 20.1. The Morgan fingerprint density at radius 3 is 2.56 bits per heavy atom. The van der Waals surface area contributed by atoms with E-state index in [4.69, 9.17) is 9.47 Å². The Kier molecular flexibility index (Phi) is 6.11. The van der Waals surface area contributed by atoms with Crippen molar-refractivity contribution in [3.63, 3.8) is 0 Å². The average Bonchev–Trinajstić information content (AvgIpc) is 2.88. The maximum atomic E-state index is 13.6. The lowest BCUT2D eigenvalue weighted by atomic mass is 9.76. The van der Waals surface area contributed by atoms with Crippen LogP contribution in [0, 0.1) is 5.92 Å². The topological polar surface area (TPSA) is 71.1 Å². The molecule has 3 aliphatic rings. The molecule has 7 nitrogen and oxygen atoms in total. The fourth-order valence-electron chi connectivity index (χ4n) is 5.97. The van der Waals surface area contributed by atoms with E-state index in [2.05, 4.69) is 5.32 Å². The van der Waals surface area contributed by atoms with Crippen molar-refractivity contribution < 1.29 is 19.1 Å². The Morgan fingerprint density at radius 2 is 1.82 bits per heavy atom. The first kappa shape index (κ1) is 22.6. The lowest BCUT2D eigenvalue weighted by Crippen LogP contribution is -2.61. The van der Waals surface area contributed by atoms with Crippen LogP contribution in [0.25, 0.3) is 0 Å². The number of rotatable bonds is 4. The molecule has 2 aromatic carbocycles. The number of urea groups is 1. The molecule has 2 saturated heterocycles. The molecule has 3 amide bonds. The number of methoxy groups -OCH3 is 2. The van der Waals surface area contributed by atoms with Crippen LogP contribution in [0.2, 0.25) is 0 Å². The van der Waals surface area contributed by atoms with Crippen molar-refractivity contribution in [2.24, 2.45) is 5.92 Å². The number of fused-ring (bicyclic) bond motifs is 4. The third-order valence-corrected chi connectivity index (χ3v) is 7.75. The predicted molar refractivity (Wildman–Crippen MR) is 129 cm³/mol. The first-order valence-electron chi connectivity index (χ1n) is 12.2. The highest BCUT2D eigenvalue weighted by Gasteiger charge is 2.49. The Morgan fingerprint density at radius 1 is 1.09 bits per heavy atom. The molecule has 0 spiro atoms. The highest BCUT2D eigenvalue weighted by molar-refractivity contribution is 5.84. The fraction of sp³-hybridized carbons (Fsp3) is 0.481. The van der Waals surface area contributed by atoms with Crippen LogP contribution < -0.4 is 14.8 Å². The summed E-state index contributed by atoms with van der Waals surface area (Å²) in [5, 5.41) is 3.16. The third kappa shape index (κ3) is 3.87. The van der Waals surface area contributed by atoms with Crippen LogP contribution in [0.1, 0.15) is 55.0 Å². The maximum absolute atomic E-state index is 13.6. The minimum absolute atomic E-state index is 0.0581. The van der Waals surface area contributed by atoms with Gasteiger partial charge in [0.15, 0.2) is 11.5 Å². The van der Waals surface area contributed by atoms with Crippen LogP contribution in [-0.4, -0.2) is 55.1 Å². The van der Waals surface area contributed by atoms with E-state index >= 15 is 0 Å². The van der Waals surface area contributed by atoms with Crippen molar-refractivity contribution in [2.45, 2.75) is 50.7 Å². The van der Waals surface area contributed by atoms with E-state index in [1.807, 2.05) is 59.2 Å². The molecule has 2 aromatic rings. The summed E-state index contributed by atoms with van der Waals surface area (Å²) in [5.74, 6) is 1.43. The fourth-order valence-corrected chi connectivity index (χ4v) is 5.97. The molecule has 0 unspecified atom stereocenters. The molecule has 34 heavy (non-hydrogen) atoms. The molecule has 0 bridgehead atoms. The van der Waals surface area contributed by atoms with Gasteiger partial charge in [-0.1, -0.05) is 30.3 Å². The zero-order valence-electron chi connectivity index (χ0n) is 20.1. The quantitative estimate of drug-likeness (QED) is 0.742. The van der Waals surface area contributed by atoms with Gasteiger partial charge in [-0.2, -0.15) is 0 Å². The van der Waals surface area contributed by atoms with Crippen LogP contribution >= 0.6 is 0 Å². The molecular formula is C27H33N3O4. The van der Waals surface area contributed by atoms with Crippen LogP contribution in [0.5, 0.6) is 11.5 Å². The van der Waals surface area contributed by atoms with Crippen LogP contribution in [-0.2, 0) is 11.2 Å². The molecule has 1 N–H and O–H groups in total. The summed E-state index contributed by atoms with van der Waals surface area (Å²) in [6.45, 7) is 3.37. The van der Waals surface area contributed by atoms with E-state index < -0.39 is 0 Å². The molecule has 0 saturated carbocycles. The van der Waals surface area contributed by atoms with Gasteiger partial charge in [-0.3, -0.25) is 4.79 Å². The van der Waals surface area contributed by atoms with Crippen molar-refractivity contribution in [3.05, 3.63) is 59.2 Å². The van der Waals surface area contributed by atoms with Gasteiger partial charge in [-0.15, -0.1) is 0 Å². The molecule has 3 aliphatic heterocycles. The normalized spacial score (nSPS) is 24.4. The lowest BCUT2D eigenvalue weighted by molar-refractivity contribution is -0.148. The monoisotopic (exact) mass is 463 g/mol. The van der Waals surface area contributed by atoms with Crippen molar-refractivity contribution >= 4 is 11.9 Å². The van der Waals surface area contributed by atoms with Gasteiger partial charge in [0.05, 0.1) is 32.2 Å².